The van der Waals surface area contributed by atoms with Crippen molar-refractivity contribution >= 4 is 0 Å². The van der Waals surface area contributed by atoms with Crippen LogP contribution in [0.3, 0.4) is 0 Å². The van der Waals surface area contributed by atoms with Gasteiger partial charge in [0.2, 0.25) is 0 Å². The van der Waals surface area contributed by atoms with Crippen molar-refractivity contribution in [2.75, 3.05) is 32.8 Å². The van der Waals surface area contributed by atoms with Crippen molar-refractivity contribution in [3.8, 4) is 5.75 Å². The van der Waals surface area contributed by atoms with Gasteiger partial charge < -0.3 is 9.47 Å². The van der Waals surface area contributed by atoms with Crippen molar-refractivity contribution in [3.63, 3.8) is 0 Å². The minimum absolute atomic E-state index is 0.204. The van der Waals surface area contributed by atoms with E-state index in [0.29, 0.717) is 6.61 Å². The molecule has 94 valence electrons. The molecule has 3 heteroatoms. The van der Waals surface area contributed by atoms with Crippen LogP contribution in [0.25, 0.3) is 0 Å². The highest BCUT2D eigenvalue weighted by molar-refractivity contribution is 5.20. The van der Waals surface area contributed by atoms with E-state index in [9.17, 15) is 0 Å². The van der Waals surface area contributed by atoms with Gasteiger partial charge in [0.1, 0.15) is 18.5 Å². The summed E-state index contributed by atoms with van der Waals surface area (Å²) in [6, 6.07) is 9.92. The molecule has 1 heterocycles. The van der Waals surface area contributed by atoms with Crippen LogP contribution in [0.1, 0.15) is 13.3 Å². The molecule has 0 N–H and O–H groups in total. The summed E-state index contributed by atoms with van der Waals surface area (Å²) in [5.41, 5.74) is 0. The Morgan fingerprint density at radius 2 is 2.18 bits per heavy atom. The van der Waals surface area contributed by atoms with E-state index in [1.165, 1.54) is 6.42 Å². The maximum Gasteiger partial charge on any atom is 0.119 e. The van der Waals surface area contributed by atoms with Crippen LogP contribution in [-0.4, -0.2) is 43.9 Å². The average molecular weight is 235 g/mol. The van der Waals surface area contributed by atoms with Gasteiger partial charge in [-0.2, -0.15) is 0 Å². The molecular weight excluding hydrogens is 214 g/mol. The highest BCUT2D eigenvalue weighted by atomic mass is 16.5. The summed E-state index contributed by atoms with van der Waals surface area (Å²) >= 11 is 0. The topological polar surface area (TPSA) is 21.7 Å². The second-order valence-corrected chi connectivity index (χ2v) is 4.42. The van der Waals surface area contributed by atoms with Gasteiger partial charge >= 0.3 is 0 Å². The zero-order valence-corrected chi connectivity index (χ0v) is 10.5. The average Bonchev–Trinajstić information content (AvgIpc) is 2.39. The Morgan fingerprint density at radius 3 is 2.94 bits per heavy atom. The van der Waals surface area contributed by atoms with Crippen LogP contribution in [0.4, 0.5) is 0 Å². The zero-order valence-electron chi connectivity index (χ0n) is 10.5. The Hall–Kier alpha value is -1.06. The van der Waals surface area contributed by atoms with Crippen molar-refractivity contribution in [1.29, 1.82) is 0 Å². The third-order valence-corrected chi connectivity index (χ3v) is 2.94. The number of hydrogen-bond acceptors (Lipinski definition) is 3. The van der Waals surface area contributed by atoms with E-state index in [4.69, 9.17) is 9.47 Å². The van der Waals surface area contributed by atoms with E-state index >= 15 is 0 Å². The van der Waals surface area contributed by atoms with Crippen molar-refractivity contribution in [2.24, 2.45) is 0 Å². The number of benzene rings is 1. The van der Waals surface area contributed by atoms with Crippen molar-refractivity contribution in [2.45, 2.75) is 19.4 Å². The third kappa shape index (κ3) is 4.02. The molecule has 1 saturated heterocycles. The van der Waals surface area contributed by atoms with E-state index in [1.807, 2.05) is 30.3 Å². The summed E-state index contributed by atoms with van der Waals surface area (Å²) in [6.07, 6.45) is 1.40. The van der Waals surface area contributed by atoms with Gasteiger partial charge in [-0.1, -0.05) is 25.1 Å². The van der Waals surface area contributed by atoms with E-state index in [1.54, 1.807) is 0 Å². The highest BCUT2D eigenvalue weighted by Crippen LogP contribution is 2.11. The second-order valence-electron chi connectivity index (χ2n) is 4.42. The molecule has 0 bridgehead atoms. The van der Waals surface area contributed by atoms with Crippen LogP contribution in [-0.2, 0) is 4.74 Å². The van der Waals surface area contributed by atoms with Crippen LogP contribution < -0.4 is 4.74 Å². The van der Waals surface area contributed by atoms with Crippen LogP contribution in [0, 0.1) is 0 Å². The SMILES string of the molecule is CCCN1CCOC(COc2ccccc2)C1. The molecule has 1 aromatic carbocycles. The molecule has 0 amide bonds. The number of hydrogen-bond donors (Lipinski definition) is 0. The number of morpholine rings is 1. The first-order chi connectivity index (χ1) is 8.38. The Morgan fingerprint density at radius 1 is 1.35 bits per heavy atom. The Kier molecular flexibility index (Phi) is 4.83. The van der Waals surface area contributed by atoms with Crippen LogP contribution in [0.2, 0.25) is 0 Å². The second kappa shape index (κ2) is 6.62. The Labute approximate surface area is 103 Å². The molecule has 0 spiro atoms. The fourth-order valence-electron chi connectivity index (χ4n) is 2.11. The molecule has 2 rings (SSSR count). The Bertz CT molecular complexity index is 313. The first-order valence-electron chi connectivity index (χ1n) is 6.40. The number of para-hydroxylation sites is 1. The lowest BCUT2D eigenvalue weighted by molar-refractivity contribution is -0.0477. The van der Waals surface area contributed by atoms with E-state index in [2.05, 4.69) is 11.8 Å². The smallest absolute Gasteiger partial charge is 0.119 e. The predicted octanol–water partition coefficient (Wildman–Crippen LogP) is 2.18. The minimum Gasteiger partial charge on any atom is -0.491 e. The molecule has 17 heavy (non-hydrogen) atoms. The molecule has 1 aliphatic heterocycles. The summed E-state index contributed by atoms with van der Waals surface area (Å²) in [6.45, 7) is 6.87. The standard InChI is InChI=1S/C14H21NO2/c1-2-8-15-9-10-16-14(11-15)12-17-13-6-4-3-5-7-13/h3-7,14H,2,8-12H2,1H3. The fourth-order valence-corrected chi connectivity index (χ4v) is 2.11. The highest BCUT2D eigenvalue weighted by Gasteiger charge is 2.20. The van der Waals surface area contributed by atoms with E-state index in [0.717, 1.165) is 32.0 Å². The fraction of sp³-hybridized carbons (Fsp3) is 0.571. The molecule has 0 aromatic heterocycles. The van der Waals surface area contributed by atoms with Gasteiger partial charge in [-0.15, -0.1) is 0 Å². The zero-order chi connectivity index (χ0) is 11.9. The van der Waals surface area contributed by atoms with E-state index < -0.39 is 0 Å². The van der Waals surface area contributed by atoms with Crippen LogP contribution in [0.5, 0.6) is 5.75 Å². The number of nitrogens with zero attached hydrogens (tertiary/aromatic N) is 1. The molecule has 0 radical (unpaired) electrons. The molecular formula is C14H21NO2. The van der Waals surface area contributed by atoms with Gasteiger partial charge in [0.15, 0.2) is 0 Å². The molecule has 0 saturated carbocycles. The lowest BCUT2D eigenvalue weighted by Crippen LogP contribution is -2.45. The van der Waals surface area contributed by atoms with Crippen molar-refractivity contribution in [3.05, 3.63) is 30.3 Å². The van der Waals surface area contributed by atoms with Gasteiger partial charge in [-0.3, -0.25) is 4.90 Å². The van der Waals surface area contributed by atoms with E-state index in [-0.39, 0.29) is 6.10 Å². The molecule has 3 nitrogen and oxygen atoms in total. The van der Waals surface area contributed by atoms with Crippen LogP contribution >= 0.6 is 0 Å². The summed E-state index contributed by atoms with van der Waals surface area (Å²) in [5, 5.41) is 0. The summed E-state index contributed by atoms with van der Waals surface area (Å²) < 4.78 is 11.4. The Balaban J connectivity index is 1.75. The maximum atomic E-state index is 5.72. The van der Waals surface area contributed by atoms with Crippen molar-refractivity contribution in [1.82, 2.24) is 4.90 Å². The lowest BCUT2D eigenvalue weighted by atomic mass is 10.2. The molecule has 1 aliphatic rings. The summed E-state index contributed by atoms with van der Waals surface area (Å²) in [7, 11) is 0. The predicted molar refractivity (Wildman–Crippen MR) is 68.4 cm³/mol. The molecule has 0 aliphatic carbocycles. The first-order valence-corrected chi connectivity index (χ1v) is 6.40. The first kappa shape index (κ1) is 12.4. The minimum atomic E-state index is 0.204. The summed E-state index contributed by atoms with van der Waals surface area (Å²) in [5.74, 6) is 0.920. The van der Waals surface area contributed by atoms with Gasteiger partial charge in [-0.25, -0.2) is 0 Å². The van der Waals surface area contributed by atoms with Gasteiger partial charge in [-0.05, 0) is 25.1 Å². The molecule has 1 unspecified atom stereocenters. The maximum absolute atomic E-state index is 5.72. The third-order valence-electron chi connectivity index (χ3n) is 2.94. The normalized spacial score (nSPS) is 21.4. The molecule has 1 aromatic rings. The number of ether oxygens (including phenoxy) is 2. The monoisotopic (exact) mass is 235 g/mol. The summed E-state index contributed by atoms with van der Waals surface area (Å²) in [4.78, 5) is 2.45. The molecule has 1 fully saturated rings. The van der Waals surface area contributed by atoms with Gasteiger partial charge in [0.25, 0.3) is 0 Å². The van der Waals surface area contributed by atoms with Crippen LogP contribution in [0.15, 0.2) is 30.3 Å². The van der Waals surface area contributed by atoms with Gasteiger partial charge in [0.05, 0.1) is 6.61 Å². The van der Waals surface area contributed by atoms with Crippen molar-refractivity contribution < 1.29 is 9.47 Å². The lowest BCUT2D eigenvalue weighted by Gasteiger charge is -2.32. The number of rotatable bonds is 5. The van der Waals surface area contributed by atoms with Gasteiger partial charge in [0, 0.05) is 13.1 Å². The quantitative estimate of drug-likeness (QED) is 0.780. The largest absolute Gasteiger partial charge is 0.491 e. The molecule has 1 atom stereocenters.